The van der Waals surface area contributed by atoms with E-state index in [0.29, 0.717) is 11.9 Å². The summed E-state index contributed by atoms with van der Waals surface area (Å²) in [5, 5.41) is 4.02. The molecule has 0 amide bonds. The average Bonchev–Trinajstić information content (AvgIpc) is 2.58. The Morgan fingerprint density at radius 1 is 1.09 bits per heavy atom. The predicted molar refractivity (Wildman–Crippen MR) is 93.6 cm³/mol. The molecule has 1 heterocycles. The number of benzene rings is 2. The zero-order valence-corrected chi connectivity index (χ0v) is 13.5. The third kappa shape index (κ3) is 3.17. The molecule has 1 aromatic heterocycles. The molecule has 23 heavy (non-hydrogen) atoms. The van der Waals surface area contributed by atoms with Gasteiger partial charge in [0.15, 0.2) is 0 Å². The van der Waals surface area contributed by atoms with Gasteiger partial charge in [0, 0.05) is 0 Å². The minimum Gasteiger partial charge on any atom is -0.308 e. The summed E-state index contributed by atoms with van der Waals surface area (Å²) in [6.45, 7) is 5.45. The van der Waals surface area contributed by atoms with E-state index in [1.807, 2.05) is 61.5 Å². The molecule has 0 radical (unpaired) electrons. The van der Waals surface area contributed by atoms with Crippen molar-refractivity contribution in [2.24, 2.45) is 0 Å². The molecule has 1 atom stereocenters. The Morgan fingerprint density at radius 2 is 1.78 bits per heavy atom. The van der Waals surface area contributed by atoms with Crippen LogP contribution in [0.5, 0.6) is 0 Å². The monoisotopic (exact) mass is 307 g/mol. The minimum absolute atomic E-state index is 0.0132. The van der Waals surface area contributed by atoms with E-state index in [1.54, 1.807) is 4.57 Å². The van der Waals surface area contributed by atoms with Gasteiger partial charge in [-0.1, -0.05) is 49.4 Å². The van der Waals surface area contributed by atoms with Gasteiger partial charge >= 0.3 is 0 Å². The fourth-order valence-electron chi connectivity index (χ4n) is 2.83. The fraction of sp³-hybridized carbons (Fsp3) is 0.263. The van der Waals surface area contributed by atoms with Gasteiger partial charge in [0.2, 0.25) is 0 Å². The van der Waals surface area contributed by atoms with Gasteiger partial charge in [0.05, 0.1) is 23.5 Å². The maximum atomic E-state index is 13.0. The van der Waals surface area contributed by atoms with Crippen molar-refractivity contribution in [3.05, 3.63) is 76.3 Å². The van der Waals surface area contributed by atoms with Crippen LogP contribution in [0.2, 0.25) is 0 Å². The molecule has 0 fully saturated rings. The van der Waals surface area contributed by atoms with Gasteiger partial charge in [-0.2, -0.15) is 0 Å². The summed E-state index contributed by atoms with van der Waals surface area (Å²) in [7, 11) is 0. The lowest BCUT2D eigenvalue weighted by molar-refractivity contribution is 0.524. The van der Waals surface area contributed by atoms with Gasteiger partial charge in [0.1, 0.15) is 5.82 Å². The Bertz CT molecular complexity index is 855. The van der Waals surface area contributed by atoms with E-state index in [4.69, 9.17) is 4.98 Å². The molecule has 2 aromatic carbocycles. The second-order valence-electron chi connectivity index (χ2n) is 5.64. The average molecular weight is 307 g/mol. The van der Waals surface area contributed by atoms with E-state index in [1.165, 1.54) is 0 Å². The summed E-state index contributed by atoms with van der Waals surface area (Å²) in [6.07, 6.45) is 0. The first-order valence-corrected chi connectivity index (χ1v) is 7.97. The quantitative estimate of drug-likeness (QED) is 0.788. The van der Waals surface area contributed by atoms with Gasteiger partial charge in [-0.15, -0.1) is 0 Å². The topological polar surface area (TPSA) is 46.9 Å². The van der Waals surface area contributed by atoms with Crippen molar-refractivity contribution in [3.63, 3.8) is 0 Å². The van der Waals surface area contributed by atoms with E-state index in [0.717, 1.165) is 23.4 Å². The Labute approximate surface area is 135 Å². The summed E-state index contributed by atoms with van der Waals surface area (Å²) < 4.78 is 1.78. The summed E-state index contributed by atoms with van der Waals surface area (Å²) in [6, 6.07) is 17.6. The SMILES string of the molecule is CCN[C@@H](C)c1nc2ccccc2c(=O)n1Cc1ccccc1. The van der Waals surface area contributed by atoms with Crippen molar-refractivity contribution in [2.45, 2.75) is 26.4 Å². The van der Waals surface area contributed by atoms with Gasteiger partial charge in [-0.25, -0.2) is 4.98 Å². The molecule has 0 aliphatic heterocycles. The standard InChI is InChI=1S/C19H21N3O/c1-3-20-14(2)18-21-17-12-8-7-11-16(17)19(23)22(18)13-15-9-5-4-6-10-15/h4-12,14,20H,3,13H2,1-2H3/t14-/m0/s1. The van der Waals surface area contributed by atoms with Crippen LogP contribution in [-0.4, -0.2) is 16.1 Å². The lowest BCUT2D eigenvalue weighted by Gasteiger charge is -2.19. The van der Waals surface area contributed by atoms with Crippen LogP contribution in [0, 0.1) is 0 Å². The van der Waals surface area contributed by atoms with E-state index >= 15 is 0 Å². The van der Waals surface area contributed by atoms with E-state index in [-0.39, 0.29) is 11.6 Å². The highest BCUT2D eigenvalue weighted by Gasteiger charge is 2.16. The van der Waals surface area contributed by atoms with E-state index < -0.39 is 0 Å². The fourth-order valence-corrected chi connectivity index (χ4v) is 2.83. The van der Waals surface area contributed by atoms with Crippen LogP contribution in [0.1, 0.15) is 31.3 Å². The third-order valence-electron chi connectivity index (χ3n) is 3.97. The number of nitrogens with zero attached hydrogens (tertiary/aromatic N) is 2. The molecule has 0 bridgehead atoms. The maximum Gasteiger partial charge on any atom is 0.261 e. The first-order chi connectivity index (χ1) is 11.2. The van der Waals surface area contributed by atoms with E-state index in [9.17, 15) is 4.79 Å². The number of hydrogen-bond donors (Lipinski definition) is 1. The molecule has 0 aliphatic rings. The van der Waals surface area contributed by atoms with Crippen molar-refractivity contribution < 1.29 is 0 Å². The van der Waals surface area contributed by atoms with Gasteiger partial charge in [0.25, 0.3) is 5.56 Å². The highest BCUT2D eigenvalue weighted by molar-refractivity contribution is 5.77. The Morgan fingerprint density at radius 3 is 2.52 bits per heavy atom. The van der Waals surface area contributed by atoms with Crippen LogP contribution >= 0.6 is 0 Å². The molecule has 1 N–H and O–H groups in total. The van der Waals surface area contributed by atoms with Crippen molar-refractivity contribution in [1.29, 1.82) is 0 Å². The van der Waals surface area contributed by atoms with Crippen LogP contribution in [0.25, 0.3) is 10.9 Å². The van der Waals surface area contributed by atoms with Crippen LogP contribution < -0.4 is 10.9 Å². The third-order valence-corrected chi connectivity index (χ3v) is 3.97. The number of nitrogens with one attached hydrogen (secondary N) is 1. The molecule has 118 valence electrons. The second-order valence-corrected chi connectivity index (χ2v) is 5.64. The highest BCUT2D eigenvalue weighted by Crippen LogP contribution is 2.15. The molecule has 0 aliphatic carbocycles. The van der Waals surface area contributed by atoms with Crippen molar-refractivity contribution in [2.75, 3.05) is 6.54 Å². The summed E-state index contributed by atoms with van der Waals surface area (Å²) in [5.74, 6) is 0.777. The molecule has 0 spiro atoms. The maximum absolute atomic E-state index is 13.0. The smallest absolute Gasteiger partial charge is 0.261 e. The van der Waals surface area contributed by atoms with Crippen LogP contribution in [0.15, 0.2) is 59.4 Å². The van der Waals surface area contributed by atoms with Crippen LogP contribution in [0.4, 0.5) is 0 Å². The molecule has 3 rings (SSSR count). The Kier molecular flexibility index (Phi) is 4.53. The van der Waals surface area contributed by atoms with Crippen LogP contribution in [0.3, 0.4) is 0 Å². The molecule has 0 saturated carbocycles. The molecular formula is C19H21N3O. The van der Waals surface area contributed by atoms with Crippen molar-refractivity contribution in [1.82, 2.24) is 14.9 Å². The van der Waals surface area contributed by atoms with Gasteiger partial charge < -0.3 is 5.32 Å². The molecule has 4 nitrogen and oxygen atoms in total. The van der Waals surface area contributed by atoms with Gasteiger partial charge in [-0.05, 0) is 31.2 Å². The molecule has 0 unspecified atom stereocenters. The first-order valence-electron chi connectivity index (χ1n) is 7.97. The largest absolute Gasteiger partial charge is 0.308 e. The number of para-hydroxylation sites is 1. The molecule has 3 aromatic rings. The molecule has 4 heteroatoms. The predicted octanol–water partition coefficient (Wildman–Crippen LogP) is 3.12. The lowest BCUT2D eigenvalue weighted by atomic mass is 10.2. The lowest BCUT2D eigenvalue weighted by Crippen LogP contribution is -2.31. The van der Waals surface area contributed by atoms with Crippen LogP contribution in [-0.2, 0) is 6.54 Å². The number of hydrogen-bond acceptors (Lipinski definition) is 3. The molecule has 0 saturated heterocycles. The number of aromatic nitrogens is 2. The Hall–Kier alpha value is -2.46. The zero-order chi connectivity index (χ0) is 16.2. The minimum atomic E-state index is 0.0132. The summed E-state index contributed by atoms with van der Waals surface area (Å²) in [4.78, 5) is 17.7. The zero-order valence-electron chi connectivity index (χ0n) is 13.5. The van der Waals surface area contributed by atoms with E-state index in [2.05, 4.69) is 12.2 Å². The number of fused-ring (bicyclic) bond motifs is 1. The summed E-state index contributed by atoms with van der Waals surface area (Å²) in [5.41, 5.74) is 1.86. The summed E-state index contributed by atoms with van der Waals surface area (Å²) >= 11 is 0. The number of rotatable bonds is 5. The first kappa shape index (κ1) is 15.4. The highest BCUT2D eigenvalue weighted by atomic mass is 16.1. The second kappa shape index (κ2) is 6.75. The normalized spacial score (nSPS) is 12.4. The van der Waals surface area contributed by atoms with Crippen molar-refractivity contribution in [3.8, 4) is 0 Å². The van der Waals surface area contributed by atoms with Crippen molar-refractivity contribution >= 4 is 10.9 Å². The molecular weight excluding hydrogens is 286 g/mol. The Balaban J connectivity index is 2.17. The van der Waals surface area contributed by atoms with Gasteiger partial charge in [-0.3, -0.25) is 9.36 Å².